The Kier molecular flexibility index (Phi) is 4.97. The van der Waals surface area contributed by atoms with Crippen LogP contribution in [-0.2, 0) is 16.0 Å². The molecular weight excluding hydrogens is 352 g/mol. The van der Waals surface area contributed by atoms with E-state index < -0.39 is 0 Å². The van der Waals surface area contributed by atoms with Gasteiger partial charge in [0.05, 0.1) is 24.6 Å². The second-order valence-corrected chi connectivity index (χ2v) is 6.23. The zero-order valence-electron chi connectivity index (χ0n) is 15.3. The zero-order chi connectivity index (χ0) is 19.3. The molecule has 0 aliphatic rings. The van der Waals surface area contributed by atoms with Crippen molar-refractivity contribution in [1.82, 2.24) is 9.97 Å². The summed E-state index contributed by atoms with van der Waals surface area (Å²) in [5, 5.41) is 0. The molecular formula is C23H18N2O3. The quantitative estimate of drug-likeness (QED) is 0.472. The first-order valence-electron chi connectivity index (χ1n) is 8.89. The molecule has 0 aliphatic heterocycles. The second-order valence-electron chi connectivity index (χ2n) is 6.23. The third kappa shape index (κ3) is 3.83. The van der Waals surface area contributed by atoms with Gasteiger partial charge in [0.1, 0.15) is 11.4 Å². The van der Waals surface area contributed by atoms with Gasteiger partial charge in [-0.25, -0.2) is 9.97 Å². The minimum atomic E-state index is -0.277. The topological polar surface area (TPSA) is 61.3 Å². The molecule has 5 nitrogen and oxygen atoms in total. The van der Waals surface area contributed by atoms with E-state index in [4.69, 9.17) is 14.5 Å². The van der Waals surface area contributed by atoms with Crippen LogP contribution in [0.3, 0.4) is 0 Å². The summed E-state index contributed by atoms with van der Waals surface area (Å²) in [5.74, 6) is 0.779. The summed E-state index contributed by atoms with van der Waals surface area (Å²) in [4.78, 5) is 20.8. The predicted octanol–water partition coefficient (Wildman–Crippen LogP) is 4.80. The summed E-state index contributed by atoms with van der Waals surface area (Å²) in [6.45, 7) is 0. The van der Waals surface area contributed by atoms with Gasteiger partial charge in [0.25, 0.3) is 0 Å². The molecule has 0 spiro atoms. The van der Waals surface area contributed by atoms with Gasteiger partial charge in [-0.15, -0.1) is 0 Å². The molecule has 0 aliphatic carbocycles. The fourth-order valence-electron chi connectivity index (χ4n) is 2.86. The molecule has 3 aromatic carbocycles. The number of fused-ring (bicyclic) bond motifs is 1. The summed E-state index contributed by atoms with van der Waals surface area (Å²) < 4.78 is 10.8. The number of hydrogen-bond donors (Lipinski definition) is 0. The molecule has 28 heavy (non-hydrogen) atoms. The maximum absolute atomic E-state index is 11.4. The van der Waals surface area contributed by atoms with E-state index in [9.17, 15) is 4.79 Å². The SMILES string of the molecule is COC(=O)Cc1ccc(Oc2nc3ccccc3nc2-c2ccccc2)cc1. The van der Waals surface area contributed by atoms with Gasteiger partial charge in [-0.05, 0) is 29.8 Å². The Morgan fingerprint density at radius 2 is 1.46 bits per heavy atom. The van der Waals surface area contributed by atoms with E-state index in [2.05, 4.69) is 4.98 Å². The highest BCUT2D eigenvalue weighted by Crippen LogP contribution is 2.32. The smallest absolute Gasteiger partial charge is 0.309 e. The lowest BCUT2D eigenvalue weighted by molar-refractivity contribution is -0.139. The Morgan fingerprint density at radius 3 is 2.14 bits per heavy atom. The predicted molar refractivity (Wildman–Crippen MR) is 107 cm³/mol. The number of para-hydroxylation sites is 2. The van der Waals surface area contributed by atoms with Crippen molar-refractivity contribution in [1.29, 1.82) is 0 Å². The highest BCUT2D eigenvalue weighted by molar-refractivity contribution is 5.79. The van der Waals surface area contributed by atoms with Crippen LogP contribution in [0.5, 0.6) is 11.6 Å². The molecule has 5 heteroatoms. The van der Waals surface area contributed by atoms with Gasteiger partial charge >= 0.3 is 5.97 Å². The first kappa shape index (κ1) is 17.7. The lowest BCUT2D eigenvalue weighted by Gasteiger charge is -2.11. The van der Waals surface area contributed by atoms with E-state index in [0.717, 1.165) is 22.2 Å². The lowest BCUT2D eigenvalue weighted by atomic mass is 10.1. The van der Waals surface area contributed by atoms with Crippen LogP contribution in [0.2, 0.25) is 0 Å². The van der Waals surface area contributed by atoms with Crippen molar-refractivity contribution in [3.63, 3.8) is 0 Å². The Bertz CT molecular complexity index is 1110. The second kappa shape index (κ2) is 7.88. The first-order valence-corrected chi connectivity index (χ1v) is 8.89. The maximum Gasteiger partial charge on any atom is 0.309 e. The zero-order valence-corrected chi connectivity index (χ0v) is 15.3. The number of benzene rings is 3. The highest BCUT2D eigenvalue weighted by Gasteiger charge is 2.13. The molecule has 0 atom stereocenters. The summed E-state index contributed by atoms with van der Waals surface area (Å²) in [6, 6.07) is 24.8. The fourth-order valence-corrected chi connectivity index (χ4v) is 2.86. The van der Waals surface area contributed by atoms with Crippen LogP contribution in [0.4, 0.5) is 0 Å². The van der Waals surface area contributed by atoms with E-state index in [1.807, 2.05) is 78.9 Å². The minimum absolute atomic E-state index is 0.224. The van der Waals surface area contributed by atoms with Crippen LogP contribution >= 0.6 is 0 Å². The Morgan fingerprint density at radius 1 is 0.821 bits per heavy atom. The van der Waals surface area contributed by atoms with Crippen LogP contribution in [0, 0.1) is 0 Å². The number of carbonyl (C=O) groups excluding carboxylic acids is 1. The number of carbonyl (C=O) groups is 1. The Hall–Kier alpha value is -3.73. The highest BCUT2D eigenvalue weighted by atomic mass is 16.5. The number of aromatic nitrogens is 2. The minimum Gasteiger partial charge on any atom is -0.469 e. The largest absolute Gasteiger partial charge is 0.469 e. The molecule has 0 fully saturated rings. The Balaban J connectivity index is 1.70. The molecule has 0 unspecified atom stereocenters. The van der Waals surface area contributed by atoms with E-state index in [1.165, 1.54) is 7.11 Å². The number of ether oxygens (including phenoxy) is 2. The third-order valence-corrected chi connectivity index (χ3v) is 4.30. The van der Waals surface area contributed by atoms with Crippen LogP contribution in [0.25, 0.3) is 22.3 Å². The van der Waals surface area contributed by atoms with Crippen molar-refractivity contribution in [2.24, 2.45) is 0 Å². The van der Waals surface area contributed by atoms with Crippen molar-refractivity contribution >= 4 is 17.0 Å². The Labute approximate surface area is 162 Å². The normalized spacial score (nSPS) is 10.6. The molecule has 0 amide bonds. The van der Waals surface area contributed by atoms with Crippen molar-refractivity contribution in [2.45, 2.75) is 6.42 Å². The van der Waals surface area contributed by atoms with Gasteiger partial charge in [-0.2, -0.15) is 0 Å². The molecule has 0 saturated heterocycles. The van der Waals surface area contributed by atoms with Gasteiger partial charge in [0.2, 0.25) is 5.88 Å². The van der Waals surface area contributed by atoms with Crippen molar-refractivity contribution in [3.8, 4) is 22.9 Å². The standard InChI is InChI=1S/C23H18N2O3/c1-27-21(26)15-16-11-13-18(14-12-16)28-23-22(17-7-3-2-4-8-17)24-19-9-5-6-10-20(19)25-23/h2-14H,15H2,1H3. The van der Waals surface area contributed by atoms with Gasteiger partial charge in [0, 0.05) is 5.56 Å². The van der Waals surface area contributed by atoms with Gasteiger partial charge in [-0.1, -0.05) is 54.6 Å². The molecule has 4 aromatic rings. The number of hydrogen-bond acceptors (Lipinski definition) is 5. The maximum atomic E-state index is 11.4. The molecule has 1 heterocycles. The van der Waals surface area contributed by atoms with E-state index in [-0.39, 0.29) is 12.4 Å². The van der Waals surface area contributed by atoms with Crippen LogP contribution in [-0.4, -0.2) is 23.0 Å². The third-order valence-electron chi connectivity index (χ3n) is 4.30. The monoisotopic (exact) mass is 370 g/mol. The number of esters is 1. The van der Waals surface area contributed by atoms with Gasteiger partial charge in [-0.3, -0.25) is 4.79 Å². The van der Waals surface area contributed by atoms with Crippen molar-refractivity contribution in [2.75, 3.05) is 7.11 Å². The van der Waals surface area contributed by atoms with E-state index in [1.54, 1.807) is 0 Å². The van der Waals surface area contributed by atoms with E-state index in [0.29, 0.717) is 17.3 Å². The molecule has 4 rings (SSSR count). The van der Waals surface area contributed by atoms with Gasteiger partial charge in [0.15, 0.2) is 0 Å². The lowest BCUT2D eigenvalue weighted by Crippen LogP contribution is -2.04. The average molecular weight is 370 g/mol. The molecule has 138 valence electrons. The molecule has 0 saturated carbocycles. The fraction of sp³-hybridized carbons (Fsp3) is 0.0870. The number of methoxy groups -OCH3 is 1. The summed E-state index contributed by atoms with van der Waals surface area (Å²) in [5.41, 5.74) is 4.03. The van der Waals surface area contributed by atoms with Crippen LogP contribution < -0.4 is 4.74 Å². The summed E-state index contributed by atoms with van der Waals surface area (Å²) >= 11 is 0. The molecule has 0 bridgehead atoms. The first-order chi connectivity index (χ1) is 13.7. The van der Waals surface area contributed by atoms with Gasteiger partial charge < -0.3 is 9.47 Å². The molecule has 1 aromatic heterocycles. The van der Waals surface area contributed by atoms with Crippen LogP contribution in [0.15, 0.2) is 78.9 Å². The molecule has 0 N–H and O–H groups in total. The number of nitrogens with zero attached hydrogens (tertiary/aromatic N) is 2. The van der Waals surface area contributed by atoms with Crippen molar-refractivity contribution < 1.29 is 14.3 Å². The molecule has 0 radical (unpaired) electrons. The average Bonchev–Trinajstić information content (AvgIpc) is 2.75. The van der Waals surface area contributed by atoms with Crippen LogP contribution in [0.1, 0.15) is 5.56 Å². The van der Waals surface area contributed by atoms with Crippen molar-refractivity contribution in [3.05, 3.63) is 84.4 Å². The summed E-state index contributed by atoms with van der Waals surface area (Å²) in [6.07, 6.45) is 0.224. The summed E-state index contributed by atoms with van der Waals surface area (Å²) in [7, 11) is 1.38. The number of rotatable bonds is 5. The van der Waals surface area contributed by atoms with E-state index >= 15 is 0 Å².